The van der Waals surface area contributed by atoms with Crippen molar-refractivity contribution >= 4 is 5.91 Å². The van der Waals surface area contributed by atoms with E-state index >= 15 is 0 Å². The van der Waals surface area contributed by atoms with E-state index in [0.29, 0.717) is 26.0 Å². The third-order valence-corrected chi connectivity index (χ3v) is 2.58. The Morgan fingerprint density at radius 2 is 2.16 bits per heavy atom. The molecular weight excluding hydrogens is 242 g/mol. The summed E-state index contributed by atoms with van der Waals surface area (Å²) in [6.07, 6.45) is 4.53. The van der Waals surface area contributed by atoms with Crippen molar-refractivity contribution in [2.75, 3.05) is 13.2 Å². The van der Waals surface area contributed by atoms with Gasteiger partial charge < -0.3 is 15.0 Å². The van der Waals surface area contributed by atoms with E-state index < -0.39 is 0 Å². The molecule has 5 nitrogen and oxygen atoms in total. The zero-order valence-corrected chi connectivity index (χ0v) is 10.6. The Bertz CT molecular complexity index is 483. The molecule has 0 aliphatic rings. The first-order valence-corrected chi connectivity index (χ1v) is 6.27. The number of carbonyl (C=O) groups excluding carboxylic acids is 1. The molecule has 0 bridgehead atoms. The highest BCUT2D eigenvalue weighted by Gasteiger charge is 2.02. The second-order valence-corrected chi connectivity index (χ2v) is 4.05. The van der Waals surface area contributed by atoms with Crippen LogP contribution in [0, 0.1) is 0 Å². The fourth-order valence-electron chi connectivity index (χ4n) is 1.62. The molecule has 2 aromatic rings. The third-order valence-electron chi connectivity index (χ3n) is 2.58. The van der Waals surface area contributed by atoms with Gasteiger partial charge in [0.05, 0.1) is 13.0 Å². The van der Waals surface area contributed by atoms with E-state index in [2.05, 4.69) is 15.3 Å². The molecule has 1 amide bonds. The minimum atomic E-state index is -0.0116. The highest BCUT2D eigenvalue weighted by atomic mass is 16.5. The molecule has 0 spiro atoms. The van der Waals surface area contributed by atoms with Crippen LogP contribution >= 0.6 is 0 Å². The SMILES string of the molecule is O=C(CCOc1ccccc1)NCCc1ncc[nH]1. The van der Waals surface area contributed by atoms with Crippen LogP contribution in [-0.4, -0.2) is 29.0 Å². The van der Waals surface area contributed by atoms with E-state index in [1.54, 1.807) is 12.4 Å². The van der Waals surface area contributed by atoms with Crippen molar-refractivity contribution in [2.45, 2.75) is 12.8 Å². The number of para-hydroxylation sites is 1. The Balaban J connectivity index is 1.57. The average molecular weight is 259 g/mol. The van der Waals surface area contributed by atoms with Crippen LogP contribution in [0.25, 0.3) is 0 Å². The molecule has 0 fully saturated rings. The molecule has 1 heterocycles. The first kappa shape index (κ1) is 13.1. The number of aromatic nitrogens is 2. The number of hydrogen-bond donors (Lipinski definition) is 2. The zero-order valence-electron chi connectivity index (χ0n) is 10.6. The van der Waals surface area contributed by atoms with Crippen molar-refractivity contribution in [3.05, 3.63) is 48.5 Å². The Morgan fingerprint density at radius 3 is 2.89 bits per heavy atom. The lowest BCUT2D eigenvalue weighted by molar-refractivity contribution is -0.121. The Kier molecular flexibility index (Phi) is 4.98. The second-order valence-electron chi connectivity index (χ2n) is 4.05. The number of carbonyl (C=O) groups is 1. The molecule has 0 aliphatic heterocycles. The fourth-order valence-corrected chi connectivity index (χ4v) is 1.62. The lowest BCUT2D eigenvalue weighted by Crippen LogP contribution is -2.27. The fraction of sp³-hybridized carbons (Fsp3) is 0.286. The van der Waals surface area contributed by atoms with Crippen LogP contribution in [0.1, 0.15) is 12.2 Å². The molecule has 1 aromatic carbocycles. The van der Waals surface area contributed by atoms with E-state index in [1.807, 2.05) is 30.3 Å². The maximum Gasteiger partial charge on any atom is 0.223 e. The van der Waals surface area contributed by atoms with Gasteiger partial charge in [-0.2, -0.15) is 0 Å². The van der Waals surface area contributed by atoms with Crippen molar-refractivity contribution in [3.8, 4) is 5.75 Å². The normalized spacial score (nSPS) is 10.1. The zero-order chi connectivity index (χ0) is 13.3. The molecule has 0 saturated carbocycles. The summed E-state index contributed by atoms with van der Waals surface area (Å²) in [7, 11) is 0. The lowest BCUT2D eigenvalue weighted by Gasteiger charge is -2.06. The number of ether oxygens (including phenoxy) is 1. The minimum absolute atomic E-state index is 0.0116. The quantitative estimate of drug-likeness (QED) is 0.792. The maximum atomic E-state index is 11.5. The number of H-pyrrole nitrogens is 1. The summed E-state index contributed by atoms with van der Waals surface area (Å²) in [5.41, 5.74) is 0. The van der Waals surface area contributed by atoms with E-state index in [9.17, 15) is 4.79 Å². The van der Waals surface area contributed by atoms with E-state index in [1.165, 1.54) is 0 Å². The predicted molar refractivity (Wildman–Crippen MR) is 71.9 cm³/mol. The molecule has 0 atom stereocenters. The molecule has 5 heteroatoms. The summed E-state index contributed by atoms with van der Waals surface area (Å²) in [4.78, 5) is 18.6. The van der Waals surface area contributed by atoms with Gasteiger partial charge in [-0.1, -0.05) is 18.2 Å². The van der Waals surface area contributed by atoms with Gasteiger partial charge >= 0.3 is 0 Å². The van der Waals surface area contributed by atoms with E-state index in [4.69, 9.17) is 4.74 Å². The first-order valence-electron chi connectivity index (χ1n) is 6.27. The molecule has 1 aromatic heterocycles. The van der Waals surface area contributed by atoms with E-state index in [0.717, 1.165) is 11.6 Å². The highest BCUT2D eigenvalue weighted by molar-refractivity contribution is 5.75. The summed E-state index contributed by atoms with van der Waals surface area (Å²) in [5.74, 6) is 1.65. The van der Waals surface area contributed by atoms with Gasteiger partial charge in [0, 0.05) is 25.4 Å². The van der Waals surface area contributed by atoms with E-state index in [-0.39, 0.29) is 5.91 Å². The molecule has 0 radical (unpaired) electrons. The number of nitrogens with zero attached hydrogens (tertiary/aromatic N) is 1. The molecule has 0 saturated heterocycles. The number of aromatic amines is 1. The summed E-state index contributed by atoms with van der Waals surface area (Å²) in [5, 5.41) is 2.83. The van der Waals surface area contributed by atoms with Crippen molar-refractivity contribution in [1.29, 1.82) is 0 Å². The largest absolute Gasteiger partial charge is 0.493 e. The average Bonchev–Trinajstić information content (AvgIpc) is 2.93. The van der Waals surface area contributed by atoms with Crippen molar-refractivity contribution in [3.63, 3.8) is 0 Å². The van der Waals surface area contributed by atoms with Gasteiger partial charge in [-0.25, -0.2) is 4.98 Å². The van der Waals surface area contributed by atoms with Crippen molar-refractivity contribution in [1.82, 2.24) is 15.3 Å². The minimum Gasteiger partial charge on any atom is -0.493 e. The number of benzene rings is 1. The lowest BCUT2D eigenvalue weighted by atomic mass is 10.3. The molecule has 2 N–H and O–H groups in total. The maximum absolute atomic E-state index is 11.5. The van der Waals surface area contributed by atoms with Gasteiger partial charge in [0.1, 0.15) is 11.6 Å². The summed E-state index contributed by atoms with van der Waals surface area (Å²) < 4.78 is 5.45. The van der Waals surface area contributed by atoms with Crippen LogP contribution in [0.15, 0.2) is 42.7 Å². The highest BCUT2D eigenvalue weighted by Crippen LogP contribution is 2.08. The molecule has 2 rings (SSSR count). The van der Waals surface area contributed by atoms with Gasteiger partial charge in [-0.3, -0.25) is 4.79 Å². The van der Waals surface area contributed by atoms with Gasteiger partial charge in [-0.05, 0) is 12.1 Å². The summed E-state index contributed by atoms with van der Waals surface area (Å²) >= 11 is 0. The molecule has 0 aliphatic carbocycles. The van der Waals surface area contributed by atoms with Crippen molar-refractivity contribution in [2.24, 2.45) is 0 Å². The second kappa shape index (κ2) is 7.20. The number of hydrogen-bond acceptors (Lipinski definition) is 3. The van der Waals surface area contributed by atoms with Gasteiger partial charge in [0.25, 0.3) is 0 Å². The number of nitrogens with one attached hydrogen (secondary N) is 2. The van der Waals surface area contributed by atoms with Crippen LogP contribution in [-0.2, 0) is 11.2 Å². The Hall–Kier alpha value is -2.30. The first-order chi connectivity index (χ1) is 9.34. The van der Waals surface area contributed by atoms with Gasteiger partial charge in [0.15, 0.2) is 0 Å². The number of amides is 1. The number of imidazole rings is 1. The standard InChI is InChI=1S/C14H17N3O2/c18-14(17-8-6-13-15-9-10-16-13)7-11-19-12-4-2-1-3-5-12/h1-5,9-10H,6-8,11H2,(H,15,16)(H,17,18). The molecular formula is C14H17N3O2. The van der Waals surface area contributed by atoms with Crippen LogP contribution < -0.4 is 10.1 Å². The number of rotatable bonds is 7. The topological polar surface area (TPSA) is 67.0 Å². The molecule has 100 valence electrons. The predicted octanol–water partition coefficient (Wildman–Crippen LogP) is 1.54. The van der Waals surface area contributed by atoms with Crippen LogP contribution in [0.3, 0.4) is 0 Å². The Labute approximate surface area is 112 Å². The van der Waals surface area contributed by atoms with Crippen molar-refractivity contribution < 1.29 is 9.53 Å². The van der Waals surface area contributed by atoms with Gasteiger partial charge in [-0.15, -0.1) is 0 Å². The smallest absolute Gasteiger partial charge is 0.223 e. The van der Waals surface area contributed by atoms with Crippen LogP contribution in [0.4, 0.5) is 0 Å². The third kappa shape index (κ3) is 4.83. The monoisotopic (exact) mass is 259 g/mol. The summed E-state index contributed by atoms with van der Waals surface area (Å²) in [6.45, 7) is 0.967. The van der Waals surface area contributed by atoms with Crippen LogP contribution in [0.2, 0.25) is 0 Å². The summed E-state index contributed by atoms with van der Waals surface area (Å²) in [6, 6.07) is 9.47. The van der Waals surface area contributed by atoms with Crippen LogP contribution in [0.5, 0.6) is 5.75 Å². The van der Waals surface area contributed by atoms with Gasteiger partial charge in [0.2, 0.25) is 5.91 Å². The molecule has 19 heavy (non-hydrogen) atoms. The Morgan fingerprint density at radius 1 is 1.32 bits per heavy atom. The molecule has 0 unspecified atom stereocenters.